The number of aliphatic hydroxyl groups excluding tert-OH is 1. The lowest BCUT2D eigenvalue weighted by molar-refractivity contribution is -0.147. The molecule has 0 unspecified atom stereocenters. The number of hydrogen-bond donors (Lipinski definition) is 2. The van der Waals surface area contributed by atoms with Crippen LogP contribution in [0.5, 0.6) is 0 Å². The van der Waals surface area contributed by atoms with E-state index in [4.69, 9.17) is 4.74 Å². The molecule has 16 heavy (non-hydrogen) atoms. The summed E-state index contributed by atoms with van der Waals surface area (Å²) in [5.74, 6) is 0.367. The van der Waals surface area contributed by atoms with Crippen LogP contribution in [-0.4, -0.2) is 36.4 Å². The SMILES string of the molecule is O=C(OCC1CCCCC1)[C@H]1C[C@@H](O)CN1. The number of hydrogen-bond acceptors (Lipinski definition) is 4. The Morgan fingerprint density at radius 3 is 2.69 bits per heavy atom. The van der Waals surface area contributed by atoms with E-state index in [-0.39, 0.29) is 12.0 Å². The summed E-state index contributed by atoms with van der Waals surface area (Å²) in [6.45, 7) is 1.07. The minimum atomic E-state index is -0.396. The lowest BCUT2D eigenvalue weighted by Crippen LogP contribution is -2.33. The van der Waals surface area contributed by atoms with E-state index in [1.807, 2.05) is 0 Å². The zero-order valence-electron chi connectivity index (χ0n) is 9.65. The van der Waals surface area contributed by atoms with Crippen molar-refractivity contribution in [3.05, 3.63) is 0 Å². The van der Waals surface area contributed by atoms with Gasteiger partial charge in [-0.3, -0.25) is 4.79 Å². The van der Waals surface area contributed by atoms with Crippen LogP contribution in [0.3, 0.4) is 0 Å². The third kappa shape index (κ3) is 3.19. The molecular formula is C12H21NO3. The fraction of sp³-hybridized carbons (Fsp3) is 0.917. The van der Waals surface area contributed by atoms with Gasteiger partial charge in [-0.1, -0.05) is 19.3 Å². The highest BCUT2D eigenvalue weighted by Crippen LogP contribution is 2.24. The number of aliphatic hydroxyl groups is 1. The van der Waals surface area contributed by atoms with E-state index in [1.54, 1.807) is 0 Å². The van der Waals surface area contributed by atoms with Gasteiger partial charge in [0.2, 0.25) is 0 Å². The summed E-state index contributed by atoms with van der Waals surface area (Å²) in [7, 11) is 0. The van der Waals surface area contributed by atoms with Crippen LogP contribution in [0.15, 0.2) is 0 Å². The molecule has 1 heterocycles. The Bertz CT molecular complexity index is 238. The van der Waals surface area contributed by atoms with Crippen molar-refractivity contribution in [2.45, 2.75) is 50.7 Å². The average Bonchev–Trinajstić information content (AvgIpc) is 2.74. The van der Waals surface area contributed by atoms with Gasteiger partial charge in [-0.25, -0.2) is 0 Å². The number of β-amino-alcohol motifs (C(OH)–C–C–N with tert-alkyl or cyclic N) is 1. The molecule has 0 amide bonds. The van der Waals surface area contributed by atoms with E-state index in [9.17, 15) is 9.90 Å². The highest BCUT2D eigenvalue weighted by Gasteiger charge is 2.29. The summed E-state index contributed by atoms with van der Waals surface area (Å²) in [5.41, 5.74) is 0. The molecule has 1 saturated heterocycles. The first-order chi connectivity index (χ1) is 7.75. The average molecular weight is 227 g/mol. The first kappa shape index (κ1) is 11.9. The van der Waals surface area contributed by atoms with Crippen molar-refractivity contribution in [1.29, 1.82) is 0 Å². The minimum absolute atomic E-state index is 0.192. The predicted molar refractivity (Wildman–Crippen MR) is 59.9 cm³/mol. The van der Waals surface area contributed by atoms with E-state index in [1.165, 1.54) is 32.1 Å². The maximum Gasteiger partial charge on any atom is 0.323 e. The Labute approximate surface area is 96.4 Å². The summed E-state index contributed by atoms with van der Waals surface area (Å²) < 4.78 is 5.30. The molecule has 0 spiro atoms. The van der Waals surface area contributed by atoms with Crippen LogP contribution >= 0.6 is 0 Å². The Morgan fingerprint density at radius 1 is 1.31 bits per heavy atom. The summed E-state index contributed by atoms with van der Waals surface area (Å²) in [6.07, 6.45) is 6.32. The number of ether oxygens (including phenoxy) is 1. The van der Waals surface area contributed by atoms with Gasteiger partial charge in [0, 0.05) is 13.0 Å². The lowest BCUT2D eigenvalue weighted by atomic mass is 9.90. The smallest absolute Gasteiger partial charge is 0.323 e. The van der Waals surface area contributed by atoms with E-state index in [0.29, 0.717) is 25.5 Å². The van der Waals surface area contributed by atoms with Gasteiger partial charge in [-0.2, -0.15) is 0 Å². The summed E-state index contributed by atoms with van der Waals surface area (Å²) in [6, 6.07) is -0.293. The molecule has 4 heteroatoms. The quantitative estimate of drug-likeness (QED) is 0.701. The second-order valence-corrected chi connectivity index (χ2v) is 4.98. The lowest BCUT2D eigenvalue weighted by Gasteiger charge is -2.21. The van der Waals surface area contributed by atoms with Crippen LogP contribution in [0.1, 0.15) is 38.5 Å². The first-order valence-electron chi connectivity index (χ1n) is 6.34. The number of rotatable bonds is 3. The van der Waals surface area contributed by atoms with Crippen molar-refractivity contribution in [3.63, 3.8) is 0 Å². The Morgan fingerprint density at radius 2 is 2.06 bits per heavy atom. The highest BCUT2D eigenvalue weighted by atomic mass is 16.5. The van der Waals surface area contributed by atoms with Gasteiger partial charge >= 0.3 is 5.97 Å². The van der Waals surface area contributed by atoms with Gasteiger partial charge in [0.05, 0.1) is 12.7 Å². The number of esters is 1. The van der Waals surface area contributed by atoms with Crippen LogP contribution in [-0.2, 0) is 9.53 Å². The number of carbonyl (C=O) groups excluding carboxylic acids is 1. The molecule has 1 aliphatic heterocycles. The van der Waals surface area contributed by atoms with E-state index >= 15 is 0 Å². The molecule has 4 nitrogen and oxygen atoms in total. The van der Waals surface area contributed by atoms with Crippen molar-refractivity contribution in [2.75, 3.05) is 13.2 Å². The van der Waals surface area contributed by atoms with Crippen molar-refractivity contribution in [2.24, 2.45) is 5.92 Å². The molecule has 0 aromatic rings. The third-order valence-electron chi connectivity index (χ3n) is 3.58. The molecule has 2 atom stereocenters. The van der Waals surface area contributed by atoms with Crippen molar-refractivity contribution < 1.29 is 14.6 Å². The fourth-order valence-electron chi connectivity index (χ4n) is 2.55. The van der Waals surface area contributed by atoms with Crippen LogP contribution < -0.4 is 5.32 Å². The van der Waals surface area contributed by atoms with Gasteiger partial charge in [0.1, 0.15) is 6.04 Å². The number of nitrogens with one attached hydrogen (secondary N) is 1. The minimum Gasteiger partial charge on any atom is -0.464 e. The van der Waals surface area contributed by atoms with Gasteiger partial charge in [0.15, 0.2) is 0 Å². The fourth-order valence-corrected chi connectivity index (χ4v) is 2.55. The normalized spacial score (nSPS) is 31.6. The van der Waals surface area contributed by atoms with Crippen molar-refractivity contribution >= 4 is 5.97 Å². The molecule has 0 aromatic heterocycles. The van der Waals surface area contributed by atoms with Gasteiger partial charge in [-0.05, 0) is 18.8 Å². The highest BCUT2D eigenvalue weighted by molar-refractivity contribution is 5.76. The standard InChI is InChI=1S/C12H21NO3/c14-10-6-11(13-7-10)12(15)16-8-9-4-2-1-3-5-9/h9-11,13-14H,1-8H2/t10-,11-/m1/s1. The van der Waals surface area contributed by atoms with E-state index < -0.39 is 6.10 Å². The predicted octanol–water partition coefficient (Wildman–Crippen LogP) is 0.833. The van der Waals surface area contributed by atoms with Gasteiger partial charge in [-0.15, -0.1) is 0 Å². The summed E-state index contributed by atoms with van der Waals surface area (Å²) >= 11 is 0. The Balaban J connectivity index is 1.67. The monoisotopic (exact) mass is 227 g/mol. The first-order valence-corrected chi connectivity index (χ1v) is 6.34. The summed E-state index contributed by atoms with van der Waals surface area (Å²) in [5, 5.41) is 12.3. The molecule has 2 fully saturated rings. The molecular weight excluding hydrogens is 206 g/mol. The second-order valence-electron chi connectivity index (χ2n) is 4.98. The molecule has 2 aliphatic rings. The van der Waals surface area contributed by atoms with Gasteiger partial charge < -0.3 is 15.2 Å². The molecule has 0 aromatic carbocycles. The summed E-state index contributed by atoms with van der Waals surface area (Å²) in [4.78, 5) is 11.6. The van der Waals surface area contributed by atoms with Crippen molar-refractivity contribution in [1.82, 2.24) is 5.32 Å². The third-order valence-corrected chi connectivity index (χ3v) is 3.58. The topological polar surface area (TPSA) is 58.6 Å². The molecule has 1 saturated carbocycles. The maximum atomic E-state index is 11.6. The molecule has 92 valence electrons. The largest absolute Gasteiger partial charge is 0.464 e. The van der Waals surface area contributed by atoms with E-state index in [0.717, 1.165) is 0 Å². The maximum absolute atomic E-state index is 11.6. The van der Waals surface area contributed by atoms with Crippen LogP contribution in [0.4, 0.5) is 0 Å². The zero-order chi connectivity index (χ0) is 11.4. The zero-order valence-corrected chi connectivity index (χ0v) is 9.65. The Hall–Kier alpha value is -0.610. The van der Waals surface area contributed by atoms with Crippen LogP contribution in [0, 0.1) is 5.92 Å². The van der Waals surface area contributed by atoms with Crippen LogP contribution in [0.25, 0.3) is 0 Å². The van der Waals surface area contributed by atoms with Crippen LogP contribution in [0.2, 0.25) is 0 Å². The molecule has 2 rings (SSSR count). The van der Waals surface area contributed by atoms with Gasteiger partial charge in [0.25, 0.3) is 0 Å². The van der Waals surface area contributed by atoms with Crippen molar-refractivity contribution in [3.8, 4) is 0 Å². The molecule has 2 N–H and O–H groups in total. The Kier molecular flexibility index (Phi) is 4.18. The molecule has 1 aliphatic carbocycles. The molecule has 0 radical (unpaired) electrons. The number of carbonyl (C=O) groups is 1. The molecule has 0 bridgehead atoms. The second kappa shape index (κ2) is 5.64. The van der Waals surface area contributed by atoms with E-state index in [2.05, 4.69) is 5.32 Å².